The number of hydrogen-bond acceptors (Lipinski definition) is 4. The van der Waals surface area contributed by atoms with Crippen molar-refractivity contribution in [3.63, 3.8) is 0 Å². The number of amides is 1. The second-order valence-electron chi connectivity index (χ2n) is 4.90. The predicted molar refractivity (Wildman–Crippen MR) is 86.1 cm³/mol. The smallest absolute Gasteiger partial charge is 0.325 e. The fourth-order valence-electron chi connectivity index (χ4n) is 1.73. The van der Waals surface area contributed by atoms with Crippen molar-refractivity contribution < 1.29 is 14.3 Å². The van der Waals surface area contributed by atoms with Crippen LogP contribution in [0.3, 0.4) is 0 Å². The van der Waals surface area contributed by atoms with E-state index in [0.717, 1.165) is 5.56 Å². The number of esters is 1. The van der Waals surface area contributed by atoms with Crippen molar-refractivity contribution in [3.8, 4) is 0 Å². The number of thioether (sulfide) groups is 1. The molecule has 0 aliphatic carbocycles. The maximum absolute atomic E-state index is 12.3. The molecular weight excluding hydrogens is 286 g/mol. The molecule has 21 heavy (non-hydrogen) atoms. The van der Waals surface area contributed by atoms with Gasteiger partial charge in [0.05, 0.1) is 12.4 Å². The maximum Gasteiger partial charge on any atom is 0.325 e. The van der Waals surface area contributed by atoms with Crippen LogP contribution < -0.4 is 0 Å². The summed E-state index contributed by atoms with van der Waals surface area (Å²) >= 11 is 1.58. The van der Waals surface area contributed by atoms with Gasteiger partial charge in [-0.2, -0.15) is 0 Å². The molecule has 0 aromatic heterocycles. The molecule has 0 atom stereocenters. The highest BCUT2D eigenvalue weighted by atomic mass is 32.2. The molecule has 0 aliphatic heterocycles. The summed E-state index contributed by atoms with van der Waals surface area (Å²) in [6.45, 7) is 6.61. The largest absolute Gasteiger partial charge is 0.465 e. The lowest BCUT2D eigenvalue weighted by atomic mass is 10.2. The van der Waals surface area contributed by atoms with Crippen molar-refractivity contribution in [2.75, 3.05) is 18.9 Å². The fraction of sp³-hybridized carbons (Fsp3) is 0.500. The Morgan fingerprint density at radius 1 is 1.24 bits per heavy atom. The zero-order valence-electron chi connectivity index (χ0n) is 12.9. The molecule has 0 N–H and O–H groups in total. The number of hydrogen-bond donors (Lipinski definition) is 0. The van der Waals surface area contributed by atoms with Gasteiger partial charge in [0.15, 0.2) is 0 Å². The summed E-state index contributed by atoms with van der Waals surface area (Å²) in [5, 5.41) is 0.384. The molecule has 5 heteroatoms. The zero-order chi connectivity index (χ0) is 15.7. The molecule has 4 nitrogen and oxygen atoms in total. The van der Waals surface area contributed by atoms with Crippen molar-refractivity contribution in [3.05, 3.63) is 35.9 Å². The molecule has 0 saturated carbocycles. The van der Waals surface area contributed by atoms with E-state index < -0.39 is 0 Å². The molecule has 0 heterocycles. The van der Waals surface area contributed by atoms with Crippen LogP contribution in [0.5, 0.6) is 0 Å². The monoisotopic (exact) mass is 309 g/mol. The lowest BCUT2D eigenvalue weighted by Crippen LogP contribution is -2.37. The van der Waals surface area contributed by atoms with E-state index in [1.165, 1.54) is 0 Å². The van der Waals surface area contributed by atoms with Gasteiger partial charge in [-0.3, -0.25) is 9.59 Å². The Morgan fingerprint density at radius 2 is 1.90 bits per heavy atom. The Morgan fingerprint density at radius 3 is 2.48 bits per heavy atom. The Kier molecular flexibility index (Phi) is 7.90. The van der Waals surface area contributed by atoms with E-state index in [-0.39, 0.29) is 18.4 Å². The fourth-order valence-corrected chi connectivity index (χ4v) is 2.39. The van der Waals surface area contributed by atoms with Crippen LogP contribution in [0.2, 0.25) is 0 Å². The number of carbonyl (C=O) groups excluding carboxylic acids is 2. The number of nitrogens with zero attached hydrogens (tertiary/aromatic N) is 1. The molecule has 0 aliphatic rings. The molecule has 0 radical (unpaired) electrons. The third kappa shape index (κ3) is 7.18. The van der Waals surface area contributed by atoms with Crippen molar-refractivity contribution >= 4 is 23.6 Å². The minimum absolute atomic E-state index is 0.000221. The number of benzene rings is 1. The lowest BCUT2D eigenvalue weighted by molar-refractivity contribution is -0.148. The van der Waals surface area contributed by atoms with Crippen molar-refractivity contribution in [1.82, 2.24) is 4.90 Å². The molecular formula is C16H23NO3S. The second kappa shape index (κ2) is 9.45. The van der Waals surface area contributed by atoms with Crippen LogP contribution in [0.1, 0.15) is 26.3 Å². The van der Waals surface area contributed by atoms with Gasteiger partial charge in [-0.05, 0) is 17.7 Å². The van der Waals surface area contributed by atoms with E-state index in [9.17, 15) is 9.59 Å². The summed E-state index contributed by atoms with van der Waals surface area (Å²) in [4.78, 5) is 25.5. The molecule has 0 fully saturated rings. The third-order valence-electron chi connectivity index (χ3n) is 2.73. The molecule has 1 rings (SSSR count). The van der Waals surface area contributed by atoms with Crippen molar-refractivity contribution in [2.45, 2.75) is 32.6 Å². The normalized spacial score (nSPS) is 10.5. The molecule has 116 valence electrons. The summed E-state index contributed by atoms with van der Waals surface area (Å²) in [6, 6.07) is 9.66. The van der Waals surface area contributed by atoms with Crippen LogP contribution >= 0.6 is 11.8 Å². The van der Waals surface area contributed by atoms with Crippen LogP contribution in [-0.2, 0) is 20.9 Å². The second-order valence-corrected chi connectivity index (χ2v) is 6.46. The number of rotatable bonds is 8. The first-order valence-corrected chi connectivity index (χ1v) is 8.16. The van der Waals surface area contributed by atoms with E-state index in [1.54, 1.807) is 23.6 Å². The van der Waals surface area contributed by atoms with Crippen molar-refractivity contribution in [1.29, 1.82) is 0 Å². The SMILES string of the molecule is CCOC(=O)CN(Cc1ccccc1)C(=O)CSC(C)C. The van der Waals surface area contributed by atoms with Crippen LogP contribution in [0.4, 0.5) is 0 Å². The van der Waals surface area contributed by atoms with Gasteiger partial charge in [0.1, 0.15) is 6.54 Å². The maximum atomic E-state index is 12.3. The van der Waals surface area contributed by atoms with Crippen LogP contribution in [0.25, 0.3) is 0 Å². The molecule has 1 aromatic carbocycles. The van der Waals surface area contributed by atoms with E-state index in [0.29, 0.717) is 24.2 Å². The quantitative estimate of drug-likeness (QED) is 0.693. The van der Waals surface area contributed by atoms with Crippen LogP contribution in [0.15, 0.2) is 30.3 Å². The molecule has 1 aromatic rings. The van der Waals surface area contributed by atoms with E-state index in [1.807, 2.05) is 44.2 Å². The molecule has 1 amide bonds. The average Bonchev–Trinajstić information content (AvgIpc) is 2.45. The van der Waals surface area contributed by atoms with E-state index >= 15 is 0 Å². The number of ether oxygens (including phenoxy) is 1. The van der Waals surface area contributed by atoms with Gasteiger partial charge >= 0.3 is 5.97 Å². The minimum Gasteiger partial charge on any atom is -0.465 e. The van der Waals surface area contributed by atoms with Crippen LogP contribution in [0, 0.1) is 0 Å². The van der Waals surface area contributed by atoms with E-state index in [4.69, 9.17) is 4.74 Å². The highest BCUT2D eigenvalue weighted by molar-refractivity contribution is 8.00. The topological polar surface area (TPSA) is 46.6 Å². The molecule has 0 bridgehead atoms. The highest BCUT2D eigenvalue weighted by Gasteiger charge is 2.18. The summed E-state index contributed by atoms with van der Waals surface area (Å²) in [7, 11) is 0. The van der Waals surface area contributed by atoms with Gasteiger partial charge < -0.3 is 9.64 Å². The van der Waals surface area contributed by atoms with Crippen LogP contribution in [-0.4, -0.2) is 40.9 Å². The first-order valence-electron chi connectivity index (χ1n) is 7.11. The Hall–Kier alpha value is -1.49. The van der Waals surface area contributed by atoms with Crippen molar-refractivity contribution in [2.24, 2.45) is 0 Å². The average molecular weight is 309 g/mol. The van der Waals surface area contributed by atoms with E-state index in [2.05, 4.69) is 0 Å². The van der Waals surface area contributed by atoms with Gasteiger partial charge in [0.25, 0.3) is 0 Å². The number of carbonyl (C=O) groups is 2. The zero-order valence-corrected chi connectivity index (χ0v) is 13.7. The molecule has 0 spiro atoms. The minimum atomic E-state index is -0.365. The summed E-state index contributed by atoms with van der Waals surface area (Å²) in [6.07, 6.45) is 0. The van der Waals surface area contributed by atoms with Gasteiger partial charge in [0, 0.05) is 6.54 Å². The summed E-state index contributed by atoms with van der Waals surface area (Å²) in [5.74, 6) is -0.0221. The summed E-state index contributed by atoms with van der Waals surface area (Å²) < 4.78 is 4.95. The first-order chi connectivity index (χ1) is 10.0. The third-order valence-corrected chi connectivity index (χ3v) is 3.81. The predicted octanol–water partition coefficient (Wildman–Crippen LogP) is 2.72. The molecule has 0 saturated heterocycles. The molecule has 0 unspecified atom stereocenters. The lowest BCUT2D eigenvalue weighted by Gasteiger charge is -2.22. The Labute approximate surface area is 130 Å². The van der Waals surface area contributed by atoms with Gasteiger partial charge in [-0.15, -0.1) is 11.8 Å². The first kappa shape index (κ1) is 17.6. The summed E-state index contributed by atoms with van der Waals surface area (Å²) in [5.41, 5.74) is 1.00. The van der Waals surface area contributed by atoms with Gasteiger partial charge in [0.2, 0.25) is 5.91 Å². The Balaban J connectivity index is 2.69. The Bertz CT molecular complexity index is 448. The highest BCUT2D eigenvalue weighted by Crippen LogP contribution is 2.12. The van der Waals surface area contributed by atoms with Gasteiger partial charge in [-0.1, -0.05) is 44.2 Å². The standard InChI is InChI=1S/C16H23NO3S/c1-4-20-16(19)11-17(15(18)12-21-13(2)3)10-14-8-6-5-7-9-14/h5-9,13H,4,10-12H2,1-3H3. The van der Waals surface area contributed by atoms with Gasteiger partial charge in [-0.25, -0.2) is 0 Å².